The number of rotatable bonds is 4. The second-order valence-electron chi connectivity index (χ2n) is 5.27. The van der Waals surface area contributed by atoms with E-state index in [0.29, 0.717) is 21.9 Å². The van der Waals surface area contributed by atoms with Gasteiger partial charge in [0.15, 0.2) is 0 Å². The molecule has 0 fully saturated rings. The molecule has 0 aromatic heterocycles. The largest absolute Gasteiger partial charge is 0.444 e. The number of alkyl carbamates (subject to hydrolysis) is 1. The van der Waals surface area contributed by atoms with Crippen molar-refractivity contribution >= 4 is 35.6 Å². The van der Waals surface area contributed by atoms with Crippen LogP contribution in [0, 0.1) is 0 Å². The highest BCUT2D eigenvalue weighted by Gasteiger charge is 2.22. The Morgan fingerprint density at radius 2 is 2.05 bits per heavy atom. The number of nitrogens with one attached hydrogen (secondary N) is 1. The van der Waals surface area contributed by atoms with Crippen LogP contribution in [0.4, 0.5) is 4.79 Å². The minimum atomic E-state index is -0.617. The quantitative estimate of drug-likeness (QED) is 0.849. The van der Waals surface area contributed by atoms with Gasteiger partial charge in [-0.3, -0.25) is 0 Å². The van der Waals surface area contributed by atoms with Gasteiger partial charge in [-0.25, -0.2) is 4.79 Å². The molecule has 0 spiro atoms. The summed E-state index contributed by atoms with van der Waals surface area (Å²) in [6, 6.07) is 4.30. The van der Waals surface area contributed by atoms with Gasteiger partial charge < -0.3 is 14.8 Å². The van der Waals surface area contributed by atoms with E-state index in [4.69, 9.17) is 27.9 Å². The van der Waals surface area contributed by atoms with Crippen molar-refractivity contribution < 1.29 is 14.3 Å². The van der Waals surface area contributed by atoms with Crippen LogP contribution in [0.15, 0.2) is 18.2 Å². The van der Waals surface area contributed by atoms with Crippen LogP contribution in [-0.4, -0.2) is 18.0 Å². The van der Waals surface area contributed by atoms with Crippen molar-refractivity contribution in [2.45, 2.75) is 38.8 Å². The molecule has 110 valence electrons. The van der Waals surface area contributed by atoms with Crippen LogP contribution in [0.2, 0.25) is 10.0 Å². The van der Waals surface area contributed by atoms with Crippen molar-refractivity contribution in [3.05, 3.63) is 33.8 Å². The number of hydrogen-bond donors (Lipinski definition) is 1. The summed E-state index contributed by atoms with van der Waals surface area (Å²) in [7, 11) is 0. The molecule has 4 nitrogen and oxygen atoms in total. The van der Waals surface area contributed by atoms with Crippen LogP contribution in [-0.2, 0) is 9.53 Å². The zero-order valence-electron chi connectivity index (χ0n) is 11.6. The number of carbonyl (C=O) groups excluding carboxylic acids is 2. The summed E-state index contributed by atoms with van der Waals surface area (Å²) in [5.74, 6) is 0. The highest BCUT2D eigenvalue weighted by atomic mass is 35.5. The molecule has 0 aliphatic rings. The number of aldehydes is 1. The standard InChI is InChI=1S/C14H17Cl2NO3/c1-14(2,3)20-13(19)17-12(6-7-18)10-8-9(15)4-5-11(10)16/h4-5,7-8,12H,6H2,1-3H3,(H,17,19)/t12-/m1/s1. The molecule has 1 N–H and O–H groups in total. The van der Waals surface area contributed by atoms with Gasteiger partial charge in [-0.05, 0) is 44.5 Å². The lowest BCUT2D eigenvalue weighted by Crippen LogP contribution is -2.35. The second-order valence-corrected chi connectivity index (χ2v) is 6.11. The van der Waals surface area contributed by atoms with Crippen molar-refractivity contribution in [2.24, 2.45) is 0 Å². The van der Waals surface area contributed by atoms with Gasteiger partial charge in [0, 0.05) is 16.5 Å². The molecule has 1 rings (SSSR count). The number of carbonyl (C=O) groups is 2. The molecule has 1 aromatic carbocycles. The summed E-state index contributed by atoms with van der Waals surface area (Å²) in [4.78, 5) is 22.6. The maximum absolute atomic E-state index is 11.8. The summed E-state index contributed by atoms with van der Waals surface area (Å²) in [6.45, 7) is 5.27. The number of halogens is 2. The number of benzene rings is 1. The predicted molar refractivity (Wildman–Crippen MR) is 79.3 cm³/mol. The fourth-order valence-corrected chi connectivity index (χ4v) is 2.02. The van der Waals surface area contributed by atoms with Gasteiger partial charge in [0.2, 0.25) is 0 Å². The molecule has 6 heteroatoms. The number of hydrogen-bond acceptors (Lipinski definition) is 3. The summed E-state index contributed by atoms with van der Waals surface area (Å²) in [5.41, 5.74) is -0.0365. The average molecular weight is 318 g/mol. The topological polar surface area (TPSA) is 55.4 Å². The first kappa shape index (κ1) is 16.8. The van der Waals surface area contributed by atoms with Crippen LogP contribution in [0.25, 0.3) is 0 Å². The zero-order chi connectivity index (χ0) is 15.3. The van der Waals surface area contributed by atoms with E-state index < -0.39 is 17.7 Å². The third-order valence-corrected chi connectivity index (χ3v) is 2.94. The molecule has 0 aliphatic carbocycles. The second kappa shape index (κ2) is 6.95. The van der Waals surface area contributed by atoms with E-state index >= 15 is 0 Å². The molecular formula is C14H17Cl2NO3. The molecule has 0 heterocycles. The van der Waals surface area contributed by atoms with Crippen LogP contribution in [0.3, 0.4) is 0 Å². The summed E-state index contributed by atoms with van der Waals surface area (Å²) in [5, 5.41) is 3.53. The molecular weight excluding hydrogens is 301 g/mol. The van der Waals surface area contributed by atoms with Crippen molar-refractivity contribution in [3.63, 3.8) is 0 Å². The molecule has 0 unspecified atom stereocenters. The van der Waals surface area contributed by atoms with Crippen molar-refractivity contribution in [1.82, 2.24) is 5.32 Å². The van der Waals surface area contributed by atoms with Crippen LogP contribution < -0.4 is 5.32 Å². The van der Waals surface area contributed by atoms with Gasteiger partial charge in [0.05, 0.1) is 6.04 Å². The van der Waals surface area contributed by atoms with Gasteiger partial charge in [-0.2, -0.15) is 0 Å². The minimum absolute atomic E-state index is 0.0826. The average Bonchev–Trinajstić information content (AvgIpc) is 2.29. The minimum Gasteiger partial charge on any atom is -0.444 e. The highest BCUT2D eigenvalue weighted by Crippen LogP contribution is 2.28. The van der Waals surface area contributed by atoms with Gasteiger partial charge >= 0.3 is 6.09 Å². The molecule has 0 bridgehead atoms. The van der Waals surface area contributed by atoms with Crippen LogP contribution >= 0.6 is 23.2 Å². The van der Waals surface area contributed by atoms with E-state index in [0.717, 1.165) is 0 Å². The zero-order valence-corrected chi connectivity index (χ0v) is 13.1. The Bertz CT molecular complexity index is 498. The van der Waals surface area contributed by atoms with E-state index in [9.17, 15) is 9.59 Å². The third kappa shape index (κ3) is 5.39. The summed E-state index contributed by atoms with van der Waals surface area (Å²) in [6.07, 6.45) is 0.180. The molecule has 20 heavy (non-hydrogen) atoms. The Morgan fingerprint density at radius 3 is 2.60 bits per heavy atom. The Balaban J connectivity index is 2.91. The first-order chi connectivity index (χ1) is 9.23. The van der Waals surface area contributed by atoms with Crippen LogP contribution in [0.5, 0.6) is 0 Å². The molecule has 1 aromatic rings. The fourth-order valence-electron chi connectivity index (χ4n) is 1.59. The van der Waals surface area contributed by atoms with Gasteiger partial charge in [-0.15, -0.1) is 0 Å². The monoisotopic (exact) mass is 317 g/mol. The predicted octanol–water partition coefficient (Wildman–Crippen LogP) is 4.15. The fraction of sp³-hybridized carbons (Fsp3) is 0.429. The van der Waals surface area contributed by atoms with Crippen molar-refractivity contribution in [3.8, 4) is 0 Å². The summed E-state index contributed by atoms with van der Waals surface area (Å²) >= 11 is 12.0. The van der Waals surface area contributed by atoms with Crippen LogP contribution in [0.1, 0.15) is 38.8 Å². The van der Waals surface area contributed by atoms with Crippen molar-refractivity contribution in [1.29, 1.82) is 0 Å². The van der Waals surface area contributed by atoms with E-state index in [1.165, 1.54) is 0 Å². The lowest BCUT2D eigenvalue weighted by molar-refractivity contribution is -0.108. The van der Waals surface area contributed by atoms with E-state index in [-0.39, 0.29) is 6.42 Å². The maximum atomic E-state index is 11.8. The van der Waals surface area contributed by atoms with Gasteiger partial charge in [-0.1, -0.05) is 23.2 Å². The smallest absolute Gasteiger partial charge is 0.408 e. The van der Waals surface area contributed by atoms with Gasteiger partial charge in [0.25, 0.3) is 0 Å². The lowest BCUT2D eigenvalue weighted by Gasteiger charge is -2.23. The first-order valence-electron chi connectivity index (χ1n) is 6.11. The first-order valence-corrected chi connectivity index (χ1v) is 6.86. The van der Waals surface area contributed by atoms with E-state index in [2.05, 4.69) is 5.32 Å². The Labute approximate surface area is 128 Å². The summed E-state index contributed by atoms with van der Waals surface area (Å²) < 4.78 is 5.16. The normalized spacial score (nSPS) is 12.7. The Morgan fingerprint density at radius 1 is 1.40 bits per heavy atom. The van der Waals surface area contributed by atoms with E-state index in [1.54, 1.807) is 39.0 Å². The number of amides is 1. The number of ether oxygens (including phenoxy) is 1. The van der Waals surface area contributed by atoms with Gasteiger partial charge in [0.1, 0.15) is 11.9 Å². The lowest BCUT2D eigenvalue weighted by atomic mass is 10.0. The molecule has 1 amide bonds. The Hall–Kier alpha value is -1.26. The molecule has 0 radical (unpaired) electrons. The molecule has 0 saturated carbocycles. The molecule has 0 saturated heterocycles. The highest BCUT2D eigenvalue weighted by molar-refractivity contribution is 6.33. The maximum Gasteiger partial charge on any atom is 0.408 e. The SMILES string of the molecule is CC(C)(C)OC(=O)N[C@H](CC=O)c1cc(Cl)ccc1Cl. The van der Waals surface area contributed by atoms with E-state index in [1.807, 2.05) is 0 Å². The van der Waals surface area contributed by atoms with Crippen molar-refractivity contribution in [2.75, 3.05) is 0 Å². The molecule has 0 aliphatic heterocycles. The molecule has 1 atom stereocenters. The third-order valence-electron chi connectivity index (χ3n) is 2.36. The Kier molecular flexibility index (Phi) is 5.84.